The van der Waals surface area contributed by atoms with E-state index in [4.69, 9.17) is 0 Å². The lowest BCUT2D eigenvalue weighted by Gasteiger charge is -2.13. The van der Waals surface area contributed by atoms with Crippen molar-refractivity contribution in [3.05, 3.63) is 30.4 Å². The summed E-state index contributed by atoms with van der Waals surface area (Å²) < 4.78 is 4.23. The number of halogens is 1. The standard InChI is InChI=1S/C17H30N8.HI/c1-5-15-23-22-13-25(15)10-8-20-17(18-6-2)21-11-16-19-7-9-24(16)12-14(3)4;/h7,9,13-14H,5-6,8,10-12H2,1-4H3,(H2,18,20,21);1H. The van der Waals surface area contributed by atoms with Gasteiger partial charge in [-0.3, -0.25) is 0 Å². The molecule has 0 saturated heterocycles. The third kappa shape index (κ3) is 6.93. The molecule has 0 aliphatic carbocycles. The smallest absolute Gasteiger partial charge is 0.191 e. The minimum absolute atomic E-state index is 0. The Morgan fingerprint density at radius 2 is 2.00 bits per heavy atom. The van der Waals surface area contributed by atoms with Gasteiger partial charge in [0, 0.05) is 45.0 Å². The summed E-state index contributed by atoms with van der Waals surface area (Å²) in [7, 11) is 0. The molecule has 0 saturated carbocycles. The summed E-state index contributed by atoms with van der Waals surface area (Å²) in [6.07, 6.45) is 6.51. The van der Waals surface area contributed by atoms with E-state index in [9.17, 15) is 0 Å². The van der Waals surface area contributed by atoms with Gasteiger partial charge in [-0.1, -0.05) is 20.8 Å². The summed E-state index contributed by atoms with van der Waals surface area (Å²) in [4.78, 5) is 9.08. The van der Waals surface area contributed by atoms with Crippen molar-refractivity contribution in [1.82, 2.24) is 34.9 Å². The highest BCUT2D eigenvalue weighted by Gasteiger charge is 2.06. The largest absolute Gasteiger partial charge is 0.357 e. The number of aliphatic imine (C=N–C) groups is 1. The quantitative estimate of drug-likeness (QED) is 0.330. The maximum Gasteiger partial charge on any atom is 0.191 e. The summed E-state index contributed by atoms with van der Waals surface area (Å²) in [6, 6.07) is 0. The molecular formula is C17H31IN8. The Morgan fingerprint density at radius 1 is 1.19 bits per heavy atom. The van der Waals surface area contributed by atoms with Gasteiger partial charge in [0.25, 0.3) is 0 Å². The van der Waals surface area contributed by atoms with E-state index in [1.165, 1.54) is 0 Å². The number of nitrogens with one attached hydrogen (secondary N) is 2. The van der Waals surface area contributed by atoms with Crippen molar-refractivity contribution in [2.75, 3.05) is 13.1 Å². The molecule has 26 heavy (non-hydrogen) atoms. The first-order valence-corrected chi connectivity index (χ1v) is 9.02. The highest BCUT2D eigenvalue weighted by atomic mass is 127. The average molecular weight is 474 g/mol. The van der Waals surface area contributed by atoms with E-state index in [0.29, 0.717) is 12.5 Å². The van der Waals surface area contributed by atoms with Crippen molar-refractivity contribution in [2.45, 2.75) is 53.8 Å². The third-order valence-electron chi connectivity index (χ3n) is 3.74. The first-order chi connectivity index (χ1) is 12.1. The minimum Gasteiger partial charge on any atom is -0.357 e. The Labute approximate surface area is 172 Å². The SMILES string of the molecule is CCNC(=NCc1nccn1CC(C)C)NCCn1cnnc1CC.I. The topological polar surface area (TPSA) is 85.0 Å². The Kier molecular flexibility index (Phi) is 10.2. The molecule has 0 aliphatic heterocycles. The molecule has 2 aromatic rings. The van der Waals surface area contributed by atoms with Crippen LogP contribution in [0.15, 0.2) is 23.7 Å². The first-order valence-electron chi connectivity index (χ1n) is 9.02. The van der Waals surface area contributed by atoms with Crippen LogP contribution in [0.1, 0.15) is 39.3 Å². The summed E-state index contributed by atoms with van der Waals surface area (Å²) in [5.74, 6) is 3.37. The molecule has 2 rings (SSSR count). The number of rotatable bonds is 9. The lowest BCUT2D eigenvalue weighted by molar-refractivity contribution is 0.507. The van der Waals surface area contributed by atoms with Gasteiger partial charge in [0.1, 0.15) is 24.5 Å². The average Bonchev–Trinajstić information content (AvgIpc) is 3.21. The maximum absolute atomic E-state index is 4.66. The number of nitrogens with zero attached hydrogens (tertiary/aromatic N) is 6. The molecule has 146 valence electrons. The van der Waals surface area contributed by atoms with E-state index in [-0.39, 0.29) is 24.0 Å². The summed E-state index contributed by atoms with van der Waals surface area (Å²) >= 11 is 0. The zero-order valence-electron chi connectivity index (χ0n) is 16.1. The van der Waals surface area contributed by atoms with Crippen LogP contribution in [-0.4, -0.2) is 43.4 Å². The molecule has 0 spiro atoms. The van der Waals surface area contributed by atoms with Gasteiger partial charge in [-0.2, -0.15) is 0 Å². The number of hydrogen-bond donors (Lipinski definition) is 2. The Bertz CT molecular complexity index is 661. The van der Waals surface area contributed by atoms with E-state index in [1.54, 1.807) is 6.33 Å². The molecule has 8 nitrogen and oxygen atoms in total. The predicted molar refractivity (Wildman–Crippen MR) is 115 cm³/mol. The van der Waals surface area contributed by atoms with Crippen LogP contribution >= 0.6 is 24.0 Å². The Hall–Kier alpha value is -1.65. The maximum atomic E-state index is 4.66. The zero-order chi connectivity index (χ0) is 18.1. The van der Waals surface area contributed by atoms with E-state index in [2.05, 4.69) is 67.6 Å². The van der Waals surface area contributed by atoms with Crippen molar-refractivity contribution < 1.29 is 0 Å². The van der Waals surface area contributed by atoms with Crippen LogP contribution in [0.25, 0.3) is 0 Å². The van der Waals surface area contributed by atoms with Crippen LogP contribution in [0.3, 0.4) is 0 Å². The first kappa shape index (κ1) is 22.4. The number of imidazole rings is 1. The van der Waals surface area contributed by atoms with Gasteiger partial charge in [0.15, 0.2) is 5.96 Å². The van der Waals surface area contributed by atoms with E-state index in [0.717, 1.165) is 50.2 Å². The Balaban J connectivity index is 0.00000338. The van der Waals surface area contributed by atoms with Crippen molar-refractivity contribution >= 4 is 29.9 Å². The van der Waals surface area contributed by atoms with Crippen molar-refractivity contribution in [3.63, 3.8) is 0 Å². The monoisotopic (exact) mass is 474 g/mol. The fraction of sp³-hybridized carbons (Fsp3) is 0.647. The van der Waals surface area contributed by atoms with Gasteiger partial charge in [-0.05, 0) is 12.8 Å². The molecule has 2 aromatic heterocycles. The molecule has 0 amide bonds. The van der Waals surface area contributed by atoms with E-state index < -0.39 is 0 Å². The number of aromatic nitrogens is 5. The fourth-order valence-corrected chi connectivity index (χ4v) is 2.58. The fourth-order valence-electron chi connectivity index (χ4n) is 2.58. The van der Waals surface area contributed by atoms with Gasteiger partial charge in [0.2, 0.25) is 0 Å². The van der Waals surface area contributed by atoms with Gasteiger partial charge < -0.3 is 19.8 Å². The van der Waals surface area contributed by atoms with E-state index >= 15 is 0 Å². The second-order valence-electron chi connectivity index (χ2n) is 6.31. The minimum atomic E-state index is 0. The molecular weight excluding hydrogens is 443 g/mol. The summed E-state index contributed by atoms with van der Waals surface area (Å²) in [5, 5.41) is 14.7. The molecule has 0 aromatic carbocycles. The van der Waals surface area contributed by atoms with Crippen LogP contribution in [0, 0.1) is 5.92 Å². The number of aryl methyl sites for hydroxylation is 1. The van der Waals surface area contributed by atoms with Crippen LogP contribution in [0.2, 0.25) is 0 Å². The van der Waals surface area contributed by atoms with E-state index in [1.807, 2.05) is 12.4 Å². The lowest BCUT2D eigenvalue weighted by Crippen LogP contribution is -2.39. The molecule has 0 radical (unpaired) electrons. The van der Waals surface area contributed by atoms with Gasteiger partial charge in [-0.25, -0.2) is 9.98 Å². The van der Waals surface area contributed by atoms with Crippen LogP contribution < -0.4 is 10.6 Å². The molecule has 0 unspecified atom stereocenters. The third-order valence-corrected chi connectivity index (χ3v) is 3.74. The highest BCUT2D eigenvalue weighted by molar-refractivity contribution is 14.0. The highest BCUT2D eigenvalue weighted by Crippen LogP contribution is 2.04. The molecule has 2 heterocycles. The molecule has 0 atom stereocenters. The second-order valence-corrected chi connectivity index (χ2v) is 6.31. The molecule has 9 heteroatoms. The zero-order valence-corrected chi connectivity index (χ0v) is 18.5. The van der Waals surface area contributed by atoms with Crippen LogP contribution in [0.4, 0.5) is 0 Å². The van der Waals surface area contributed by atoms with Crippen LogP contribution in [0.5, 0.6) is 0 Å². The van der Waals surface area contributed by atoms with Crippen molar-refractivity contribution in [3.8, 4) is 0 Å². The second kappa shape index (κ2) is 11.9. The molecule has 0 aliphatic rings. The molecule has 0 fully saturated rings. The van der Waals surface area contributed by atoms with Crippen LogP contribution in [-0.2, 0) is 26.1 Å². The van der Waals surface area contributed by atoms with Crippen molar-refractivity contribution in [2.24, 2.45) is 10.9 Å². The molecule has 0 bridgehead atoms. The number of hydrogen-bond acceptors (Lipinski definition) is 4. The van der Waals surface area contributed by atoms with Gasteiger partial charge >= 0.3 is 0 Å². The summed E-state index contributed by atoms with van der Waals surface area (Å²) in [5.41, 5.74) is 0. The molecule has 2 N–H and O–H groups in total. The predicted octanol–water partition coefficient (Wildman–Crippen LogP) is 2.07. The Morgan fingerprint density at radius 3 is 2.69 bits per heavy atom. The summed E-state index contributed by atoms with van der Waals surface area (Å²) in [6.45, 7) is 12.5. The number of guanidine groups is 1. The van der Waals surface area contributed by atoms with Crippen molar-refractivity contribution in [1.29, 1.82) is 0 Å². The lowest BCUT2D eigenvalue weighted by atomic mass is 10.2. The van der Waals surface area contributed by atoms with Gasteiger partial charge in [0.05, 0.1) is 0 Å². The normalized spacial score (nSPS) is 11.5. The van der Waals surface area contributed by atoms with Gasteiger partial charge in [-0.15, -0.1) is 34.2 Å².